The largest absolute Gasteiger partial charge is 0.0740 e. The average molecular weight is 312 g/mol. The molecule has 0 aliphatic heterocycles. The van der Waals surface area contributed by atoms with Crippen LogP contribution in [-0.2, 0) is 9.84 Å². The Bertz CT molecular complexity index is 388. The van der Waals surface area contributed by atoms with Crippen LogP contribution in [-0.4, -0.2) is 0 Å². The molecule has 1 heteroatoms. The Hall–Kier alpha value is -0.0500. The molecule has 0 radical (unpaired) electrons. The van der Waals surface area contributed by atoms with Gasteiger partial charge in [0.25, 0.3) is 0 Å². The first-order chi connectivity index (χ1) is 7.18. The van der Waals surface area contributed by atoms with Crippen molar-refractivity contribution in [3.8, 4) is 0 Å². The maximum absolute atomic E-state index is 2.64. The van der Waals surface area contributed by atoms with Gasteiger partial charge in [0, 0.05) is 3.42 Å². The average Bonchev–Trinajstić information content (AvgIpc) is 3.00. The van der Waals surface area contributed by atoms with Crippen molar-refractivity contribution in [1.82, 2.24) is 0 Å². The van der Waals surface area contributed by atoms with E-state index in [9.17, 15) is 0 Å². The van der Waals surface area contributed by atoms with E-state index >= 15 is 0 Å². The Kier molecular flexibility index (Phi) is 2.35. The molecule has 0 N–H and O–H groups in total. The van der Waals surface area contributed by atoms with Crippen LogP contribution in [0.1, 0.15) is 55.2 Å². The van der Waals surface area contributed by atoms with Crippen molar-refractivity contribution in [3.05, 3.63) is 34.9 Å². The van der Waals surface area contributed by atoms with Gasteiger partial charge in [-0.15, -0.1) is 0 Å². The molecule has 3 rings (SSSR count). The maximum atomic E-state index is 2.64. The summed E-state index contributed by atoms with van der Waals surface area (Å²) >= 11 is 2.64. The fraction of sp³-hybridized carbons (Fsp3) is 0.571. The number of fused-ring (bicyclic) bond motifs is 1. The number of halogens is 1. The summed E-state index contributed by atoms with van der Waals surface area (Å²) in [5, 5.41) is 0. The maximum Gasteiger partial charge on any atom is 0.0445 e. The van der Waals surface area contributed by atoms with Gasteiger partial charge in [-0.2, -0.15) is 0 Å². The Labute approximate surface area is 106 Å². The molecule has 1 unspecified atom stereocenters. The highest BCUT2D eigenvalue weighted by Crippen LogP contribution is 2.48. The third-order valence-electron chi connectivity index (χ3n) is 3.86. The van der Waals surface area contributed by atoms with Crippen molar-refractivity contribution in [3.63, 3.8) is 0 Å². The first kappa shape index (κ1) is 10.1. The Balaban J connectivity index is 2.13. The molecule has 0 spiro atoms. The summed E-state index contributed by atoms with van der Waals surface area (Å²) in [6, 6.07) is 7.00. The molecule has 1 fully saturated rings. The lowest BCUT2D eigenvalue weighted by Crippen LogP contribution is -2.21. The van der Waals surface area contributed by atoms with E-state index in [1.807, 2.05) is 0 Å². The van der Waals surface area contributed by atoms with Crippen molar-refractivity contribution in [2.24, 2.45) is 0 Å². The quantitative estimate of drug-likeness (QED) is 0.527. The van der Waals surface area contributed by atoms with Gasteiger partial charge in [0.2, 0.25) is 0 Å². The van der Waals surface area contributed by atoms with E-state index in [1.165, 1.54) is 32.1 Å². The monoisotopic (exact) mass is 312 g/mol. The van der Waals surface area contributed by atoms with E-state index in [-0.39, 0.29) is 0 Å². The van der Waals surface area contributed by atoms with E-state index < -0.39 is 0 Å². The van der Waals surface area contributed by atoms with Crippen LogP contribution in [0.15, 0.2) is 18.2 Å². The van der Waals surface area contributed by atoms with Gasteiger partial charge >= 0.3 is 0 Å². The smallest absolute Gasteiger partial charge is 0.0445 e. The van der Waals surface area contributed by atoms with Crippen molar-refractivity contribution in [2.75, 3.05) is 0 Å². The molecule has 0 bridgehead atoms. The standard InChI is InChI=1S/C14H17I/c1-14(15)9-3-5-12-11(10-7-8-10)4-2-6-13(12)14/h2,4,6,10H,3,5,7-9H2,1H3. The highest BCUT2D eigenvalue weighted by atomic mass is 127. The predicted molar refractivity (Wildman–Crippen MR) is 72.7 cm³/mol. The highest BCUT2D eigenvalue weighted by molar-refractivity contribution is 14.1. The van der Waals surface area contributed by atoms with Crippen LogP contribution in [0.5, 0.6) is 0 Å². The summed E-state index contributed by atoms with van der Waals surface area (Å²) < 4.78 is 0.385. The second kappa shape index (κ2) is 3.47. The van der Waals surface area contributed by atoms with Gasteiger partial charge in [-0.25, -0.2) is 0 Å². The zero-order valence-electron chi connectivity index (χ0n) is 9.22. The zero-order valence-corrected chi connectivity index (χ0v) is 11.4. The molecular formula is C14H17I. The molecular weight excluding hydrogens is 295 g/mol. The molecule has 2 aliphatic rings. The molecule has 2 aliphatic carbocycles. The first-order valence-electron chi connectivity index (χ1n) is 6.00. The van der Waals surface area contributed by atoms with Crippen LogP contribution in [0.25, 0.3) is 0 Å². The van der Waals surface area contributed by atoms with Gasteiger partial charge in [0.05, 0.1) is 0 Å². The Morgan fingerprint density at radius 3 is 2.87 bits per heavy atom. The second-order valence-electron chi connectivity index (χ2n) is 5.20. The number of hydrogen-bond acceptors (Lipinski definition) is 0. The predicted octanol–water partition coefficient (Wildman–Crippen LogP) is 4.55. The summed E-state index contributed by atoms with van der Waals surface area (Å²) in [7, 11) is 0. The van der Waals surface area contributed by atoms with Gasteiger partial charge in [-0.3, -0.25) is 0 Å². The fourth-order valence-corrected chi connectivity index (χ4v) is 3.77. The van der Waals surface area contributed by atoms with Crippen LogP contribution in [0.2, 0.25) is 0 Å². The number of rotatable bonds is 1. The van der Waals surface area contributed by atoms with Gasteiger partial charge in [0.1, 0.15) is 0 Å². The molecule has 1 aromatic carbocycles. The van der Waals surface area contributed by atoms with E-state index in [2.05, 4.69) is 47.7 Å². The van der Waals surface area contributed by atoms with Crippen molar-refractivity contribution in [2.45, 2.75) is 48.4 Å². The van der Waals surface area contributed by atoms with Crippen molar-refractivity contribution >= 4 is 22.6 Å². The molecule has 0 amide bonds. The minimum Gasteiger partial charge on any atom is -0.0740 e. The zero-order chi connectivity index (χ0) is 10.5. The molecule has 1 atom stereocenters. The number of alkyl halides is 1. The topological polar surface area (TPSA) is 0 Å². The lowest BCUT2D eigenvalue weighted by molar-refractivity contribution is 0.565. The SMILES string of the molecule is CC1(I)CCCc2c(C3CC3)cccc21. The lowest BCUT2D eigenvalue weighted by Gasteiger charge is -2.32. The minimum atomic E-state index is 0.385. The first-order valence-corrected chi connectivity index (χ1v) is 7.07. The highest BCUT2D eigenvalue weighted by Gasteiger charge is 2.33. The minimum absolute atomic E-state index is 0.385. The second-order valence-corrected chi connectivity index (χ2v) is 7.58. The molecule has 0 nitrogen and oxygen atoms in total. The van der Waals surface area contributed by atoms with Crippen LogP contribution >= 0.6 is 22.6 Å². The van der Waals surface area contributed by atoms with Crippen LogP contribution in [0.4, 0.5) is 0 Å². The summed E-state index contributed by atoms with van der Waals surface area (Å²) in [4.78, 5) is 0. The van der Waals surface area contributed by atoms with E-state index in [0.717, 1.165) is 5.92 Å². The summed E-state index contributed by atoms with van der Waals surface area (Å²) in [6.45, 7) is 2.39. The fourth-order valence-electron chi connectivity index (χ4n) is 2.88. The van der Waals surface area contributed by atoms with Gasteiger partial charge in [-0.05, 0) is 61.6 Å². The lowest BCUT2D eigenvalue weighted by atomic mass is 9.81. The van der Waals surface area contributed by atoms with Gasteiger partial charge < -0.3 is 0 Å². The van der Waals surface area contributed by atoms with Gasteiger partial charge in [-0.1, -0.05) is 40.8 Å². The summed E-state index contributed by atoms with van der Waals surface area (Å²) in [6.07, 6.45) is 6.88. The van der Waals surface area contributed by atoms with E-state index in [4.69, 9.17) is 0 Å². The number of hydrogen-bond donors (Lipinski definition) is 0. The normalized spacial score (nSPS) is 30.0. The summed E-state index contributed by atoms with van der Waals surface area (Å²) in [5.41, 5.74) is 5.00. The molecule has 1 aromatic rings. The molecule has 0 aromatic heterocycles. The summed E-state index contributed by atoms with van der Waals surface area (Å²) in [5.74, 6) is 0.908. The van der Waals surface area contributed by atoms with Crippen LogP contribution in [0, 0.1) is 0 Å². The van der Waals surface area contributed by atoms with Crippen molar-refractivity contribution in [1.29, 1.82) is 0 Å². The Morgan fingerprint density at radius 2 is 2.13 bits per heavy atom. The van der Waals surface area contributed by atoms with Crippen LogP contribution in [0.3, 0.4) is 0 Å². The molecule has 0 heterocycles. The van der Waals surface area contributed by atoms with Crippen molar-refractivity contribution < 1.29 is 0 Å². The molecule has 15 heavy (non-hydrogen) atoms. The molecule has 80 valence electrons. The number of benzene rings is 1. The third kappa shape index (κ3) is 1.73. The third-order valence-corrected chi connectivity index (χ3v) is 4.98. The molecule has 1 saturated carbocycles. The Morgan fingerprint density at radius 1 is 1.33 bits per heavy atom. The van der Waals surface area contributed by atoms with Crippen LogP contribution < -0.4 is 0 Å². The van der Waals surface area contributed by atoms with E-state index in [1.54, 1.807) is 16.7 Å². The van der Waals surface area contributed by atoms with E-state index in [0.29, 0.717) is 3.42 Å². The molecule has 0 saturated heterocycles. The van der Waals surface area contributed by atoms with Gasteiger partial charge in [0.15, 0.2) is 0 Å².